The Kier molecular flexibility index (Phi) is 9.40. The van der Waals surface area contributed by atoms with E-state index in [0.29, 0.717) is 43.3 Å². The van der Waals surface area contributed by atoms with Crippen LogP contribution in [0.25, 0.3) is 10.6 Å². The van der Waals surface area contributed by atoms with Gasteiger partial charge in [-0.2, -0.15) is 0 Å². The summed E-state index contributed by atoms with van der Waals surface area (Å²) < 4.78 is 38.5. The van der Waals surface area contributed by atoms with Crippen LogP contribution in [0.2, 0.25) is 0 Å². The first kappa shape index (κ1) is 33.0. The molecule has 2 aliphatic rings. The quantitative estimate of drug-likeness (QED) is 0.245. The van der Waals surface area contributed by atoms with Crippen molar-refractivity contribution < 1.29 is 33.0 Å². The molecule has 2 aromatic heterocycles. The number of carbonyl (C=O) groups is 2. The Hall–Kier alpha value is -3.35. The Morgan fingerprint density at radius 2 is 1.78 bits per heavy atom. The molecule has 0 bridgehead atoms. The highest BCUT2D eigenvalue weighted by Crippen LogP contribution is 2.45. The minimum absolute atomic E-state index is 0.00829. The number of nitrogens with zero attached hydrogens (tertiary/aromatic N) is 4. The number of benzene rings is 1. The van der Waals surface area contributed by atoms with Crippen LogP contribution in [0.4, 0.5) is 8.78 Å². The highest BCUT2D eigenvalue weighted by molar-refractivity contribution is 7.16. The van der Waals surface area contributed by atoms with Gasteiger partial charge in [0.05, 0.1) is 25.5 Å². The van der Waals surface area contributed by atoms with Gasteiger partial charge in [0.15, 0.2) is 15.8 Å². The Morgan fingerprint density at radius 1 is 1.07 bits per heavy atom. The molecule has 1 saturated carbocycles. The topological polar surface area (TPSA) is 115 Å². The fraction of sp³-hybridized carbons (Fsp3) is 0.545. The predicted octanol–water partition coefficient (Wildman–Crippen LogP) is 5.79. The van der Waals surface area contributed by atoms with Crippen LogP contribution in [-0.4, -0.2) is 75.7 Å². The first-order chi connectivity index (χ1) is 21.2. The van der Waals surface area contributed by atoms with Gasteiger partial charge in [0.25, 0.3) is 0 Å². The maximum Gasteiger partial charge on any atom is 0.216 e. The second-order valence-corrected chi connectivity index (χ2v) is 14.5. The molecule has 45 heavy (non-hydrogen) atoms. The summed E-state index contributed by atoms with van der Waals surface area (Å²) in [6.45, 7) is 6.90. The minimum atomic E-state index is -0.779. The Morgan fingerprint density at radius 3 is 2.42 bits per heavy atom. The molecule has 242 valence electrons. The molecule has 5 rings (SSSR count). The third-order valence-electron chi connectivity index (χ3n) is 9.11. The molecule has 0 unspecified atom stereocenters. The highest BCUT2D eigenvalue weighted by Gasteiger charge is 2.49. The third-order valence-corrected chi connectivity index (χ3v) is 10.1. The van der Waals surface area contributed by atoms with Crippen molar-refractivity contribution >= 4 is 22.9 Å². The van der Waals surface area contributed by atoms with Gasteiger partial charge in [0.2, 0.25) is 5.88 Å². The van der Waals surface area contributed by atoms with E-state index in [0.717, 1.165) is 36.3 Å². The van der Waals surface area contributed by atoms with Crippen LogP contribution in [0.5, 0.6) is 11.6 Å². The molecule has 1 aliphatic heterocycles. The number of ketones is 2. The van der Waals surface area contributed by atoms with Gasteiger partial charge in [-0.3, -0.25) is 14.5 Å². The Balaban J connectivity index is 1.33. The lowest BCUT2D eigenvalue weighted by Crippen LogP contribution is -2.62. The molecule has 1 saturated heterocycles. The molecule has 0 amide bonds. The average molecular weight is 643 g/mol. The van der Waals surface area contributed by atoms with Gasteiger partial charge in [-0.25, -0.2) is 13.8 Å². The van der Waals surface area contributed by atoms with Gasteiger partial charge >= 0.3 is 0 Å². The van der Waals surface area contributed by atoms with E-state index in [1.54, 1.807) is 19.2 Å². The van der Waals surface area contributed by atoms with Crippen molar-refractivity contribution in [2.45, 2.75) is 82.8 Å². The summed E-state index contributed by atoms with van der Waals surface area (Å²) in [6.07, 6.45) is 3.60. The van der Waals surface area contributed by atoms with Crippen LogP contribution in [0.3, 0.4) is 0 Å². The van der Waals surface area contributed by atoms with Crippen LogP contribution in [0.15, 0.2) is 30.3 Å². The fourth-order valence-corrected chi connectivity index (χ4v) is 7.40. The van der Waals surface area contributed by atoms with Crippen molar-refractivity contribution in [3.05, 3.63) is 52.7 Å². The van der Waals surface area contributed by atoms with Crippen molar-refractivity contribution in [3.63, 3.8) is 0 Å². The maximum absolute atomic E-state index is 14.4. The van der Waals surface area contributed by atoms with E-state index < -0.39 is 28.1 Å². The second-order valence-electron chi connectivity index (χ2n) is 13.5. The fourth-order valence-electron chi connectivity index (χ4n) is 6.59. The number of carbonyl (C=O) groups excluding carboxylic acids is 2. The summed E-state index contributed by atoms with van der Waals surface area (Å²) in [5.74, 6) is -0.765. The van der Waals surface area contributed by atoms with Gasteiger partial charge in [-0.1, -0.05) is 25.2 Å². The van der Waals surface area contributed by atoms with Gasteiger partial charge < -0.3 is 14.6 Å². The van der Waals surface area contributed by atoms with Gasteiger partial charge in [0, 0.05) is 73.0 Å². The molecule has 1 aliphatic carbocycles. The molecule has 12 heteroatoms. The van der Waals surface area contributed by atoms with E-state index in [9.17, 15) is 23.5 Å². The van der Waals surface area contributed by atoms with E-state index in [-0.39, 0.29) is 52.4 Å². The smallest absolute Gasteiger partial charge is 0.216 e. The van der Waals surface area contributed by atoms with E-state index in [2.05, 4.69) is 20.1 Å². The lowest BCUT2D eigenvalue weighted by molar-refractivity contribution is -0.128. The SMILES string of the molecule is COc1cc(OC)nc(C(C)(C)CC(=O)CC2(CC(=O)c3nnc(-c4ccc(F)cc4F)s3)CN(C3CCC(C)(O)CC3)C2)c1. The first-order valence-corrected chi connectivity index (χ1v) is 15.9. The lowest BCUT2D eigenvalue weighted by atomic mass is 9.68. The molecule has 0 atom stereocenters. The summed E-state index contributed by atoms with van der Waals surface area (Å²) in [5, 5.41) is 18.8. The van der Waals surface area contributed by atoms with E-state index in [1.165, 1.54) is 13.2 Å². The summed E-state index contributed by atoms with van der Waals surface area (Å²) in [4.78, 5) is 34.2. The van der Waals surface area contributed by atoms with Crippen molar-refractivity contribution in [2.24, 2.45) is 5.41 Å². The zero-order chi connectivity index (χ0) is 32.6. The number of ether oxygens (including phenoxy) is 2. The van der Waals surface area contributed by atoms with Crippen LogP contribution >= 0.6 is 11.3 Å². The van der Waals surface area contributed by atoms with Crippen molar-refractivity contribution in [1.82, 2.24) is 20.1 Å². The van der Waals surface area contributed by atoms with Crippen molar-refractivity contribution in [2.75, 3.05) is 27.3 Å². The zero-order valence-electron chi connectivity index (χ0n) is 26.4. The number of halogens is 2. The number of hydrogen-bond donors (Lipinski definition) is 1. The number of likely N-dealkylation sites (tertiary alicyclic amines) is 1. The lowest BCUT2D eigenvalue weighted by Gasteiger charge is -2.54. The molecule has 3 heterocycles. The number of methoxy groups -OCH3 is 2. The predicted molar refractivity (Wildman–Crippen MR) is 166 cm³/mol. The third kappa shape index (κ3) is 7.56. The average Bonchev–Trinajstić information content (AvgIpc) is 3.45. The molecule has 0 radical (unpaired) electrons. The minimum Gasteiger partial charge on any atom is -0.496 e. The van der Waals surface area contributed by atoms with Gasteiger partial charge in [0.1, 0.15) is 23.2 Å². The summed E-state index contributed by atoms with van der Waals surface area (Å²) >= 11 is 0.959. The van der Waals surface area contributed by atoms with E-state index >= 15 is 0 Å². The van der Waals surface area contributed by atoms with Crippen molar-refractivity contribution in [3.8, 4) is 22.2 Å². The van der Waals surface area contributed by atoms with Gasteiger partial charge in [-0.15, -0.1) is 10.2 Å². The molecular formula is C33H40F2N4O5S. The van der Waals surface area contributed by atoms with E-state index in [1.807, 2.05) is 20.8 Å². The number of rotatable bonds is 12. The maximum atomic E-state index is 14.4. The van der Waals surface area contributed by atoms with Crippen LogP contribution in [0, 0.1) is 17.0 Å². The van der Waals surface area contributed by atoms with Crippen LogP contribution < -0.4 is 9.47 Å². The monoisotopic (exact) mass is 642 g/mol. The highest BCUT2D eigenvalue weighted by atomic mass is 32.1. The number of hydrogen-bond acceptors (Lipinski definition) is 10. The molecule has 2 fully saturated rings. The summed E-state index contributed by atoms with van der Waals surface area (Å²) in [5.41, 5.74) is -1.15. The molecule has 1 N–H and O–H groups in total. The van der Waals surface area contributed by atoms with Crippen LogP contribution in [-0.2, 0) is 10.2 Å². The first-order valence-electron chi connectivity index (χ1n) is 15.1. The van der Waals surface area contributed by atoms with Crippen LogP contribution in [0.1, 0.15) is 81.2 Å². The van der Waals surface area contributed by atoms with Crippen molar-refractivity contribution in [1.29, 1.82) is 0 Å². The normalized spacial score (nSPS) is 21.6. The molecule has 0 spiro atoms. The Bertz CT molecular complexity index is 1540. The number of aromatic nitrogens is 3. The second kappa shape index (κ2) is 12.8. The Labute approximate surface area is 266 Å². The number of aliphatic hydroxyl groups is 1. The molecule has 1 aromatic carbocycles. The molecule has 9 nitrogen and oxygen atoms in total. The zero-order valence-corrected chi connectivity index (χ0v) is 27.2. The van der Waals surface area contributed by atoms with E-state index in [4.69, 9.17) is 9.47 Å². The summed E-state index contributed by atoms with van der Waals surface area (Å²) in [7, 11) is 3.08. The van der Waals surface area contributed by atoms with Gasteiger partial charge in [-0.05, 0) is 44.7 Å². The molecule has 3 aromatic rings. The molecular weight excluding hydrogens is 602 g/mol. The number of Topliss-reactive ketones (excluding diaryl/α,β-unsaturated/α-hetero) is 2. The standard InChI is InChI=1S/C33H40F2N4O5S/c1-31(2,27-13-23(43-4)14-28(36-27)44-5)15-22(40)16-33(18-39(19-33)21-8-10-32(3,42)11-9-21)17-26(41)30-38-37-29(45-30)24-7-6-20(34)12-25(24)35/h6-7,12-14,21,42H,8-11,15-19H2,1-5H3. The largest absolute Gasteiger partial charge is 0.496 e. The summed E-state index contributed by atoms with van der Waals surface area (Å²) in [6, 6.07) is 6.94. The number of pyridine rings is 1.